The van der Waals surface area contributed by atoms with Gasteiger partial charge in [-0.15, -0.1) is 0 Å². The average Bonchev–Trinajstić information content (AvgIpc) is 2.71. The molecule has 1 atom stereocenters. The highest BCUT2D eigenvalue weighted by Crippen LogP contribution is 2.35. The molecule has 1 aromatic carbocycles. The Hall–Kier alpha value is -1.79. The van der Waals surface area contributed by atoms with Gasteiger partial charge in [0.2, 0.25) is 5.28 Å². The minimum atomic E-state index is 0.230. The molecule has 0 saturated carbocycles. The van der Waals surface area contributed by atoms with Crippen molar-refractivity contribution >= 4 is 28.3 Å². The van der Waals surface area contributed by atoms with Crippen molar-refractivity contribution < 1.29 is 9.47 Å². The number of likely N-dealkylation sites (tertiary alicyclic amines) is 1. The monoisotopic (exact) mass is 406 g/mol. The Morgan fingerprint density at radius 1 is 1.14 bits per heavy atom. The maximum atomic E-state index is 6.19. The minimum absolute atomic E-state index is 0.230. The molecule has 6 nitrogen and oxygen atoms in total. The lowest BCUT2D eigenvalue weighted by molar-refractivity contribution is 0.144. The maximum absolute atomic E-state index is 6.19. The molecule has 1 saturated heterocycles. The zero-order valence-electron chi connectivity index (χ0n) is 17.3. The largest absolute Gasteiger partial charge is 0.493 e. The molecule has 2 heterocycles. The number of piperidine rings is 1. The molecule has 7 heteroatoms. The predicted molar refractivity (Wildman–Crippen MR) is 115 cm³/mol. The summed E-state index contributed by atoms with van der Waals surface area (Å²) < 4.78 is 10.8. The molecule has 3 rings (SSSR count). The van der Waals surface area contributed by atoms with Gasteiger partial charge in [-0.1, -0.05) is 20.3 Å². The van der Waals surface area contributed by atoms with Crippen molar-refractivity contribution in [2.24, 2.45) is 0 Å². The van der Waals surface area contributed by atoms with Crippen LogP contribution in [-0.2, 0) is 0 Å². The van der Waals surface area contributed by atoms with Crippen molar-refractivity contribution in [2.45, 2.75) is 58.0 Å². The first-order valence-electron chi connectivity index (χ1n) is 10.2. The van der Waals surface area contributed by atoms with Gasteiger partial charge in [-0.25, -0.2) is 9.97 Å². The van der Waals surface area contributed by atoms with Gasteiger partial charge in [0.25, 0.3) is 0 Å². The topological polar surface area (TPSA) is 59.5 Å². The summed E-state index contributed by atoms with van der Waals surface area (Å²) in [5, 5.41) is 4.73. The molecule has 1 fully saturated rings. The van der Waals surface area contributed by atoms with E-state index in [1.54, 1.807) is 14.2 Å². The maximum Gasteiger partial charge on any atom is 0.224 e. The van der Waals surface area contributed by atoms with Crippen LogP contribution in [0.15, 0.2) is 12.1 Å². The van der Waals surface area contributed by atoms with Gasteiger partial charge < -0.3 is 19.7 Å². The SMILES string of the molecule is CCCC(CC)N1CCC(Nc2nc(Cl)nc3cc(OC)c(OC)cc23)CC1. The van der Waals surface area contributed by atoms with E-state index >= 15 is 0 Å². The number of rotatable bonds is 8. The second-order valence-corrected chi connectivity index (χ2v) is 7.71. The van der Waals surface area contributed by atoms with Gasteiger partial charge in [0.1, 0.15) is 5.82 Å². The molecule has 0 radical (unpaired) electrons. The lowest BCUT2D eigenvalue weighted by Gasteiger charge is -2.37. The third-order valence-electron chi connectivity index (χ3n) is 5.65. The fourth-order valence-corrected chi connectivity index (χ4v) is 4.29. The number of nitrogens with zero attached hydrogens (tertiary/aromatic N) is 3. The molecule has 0 amide bonds. The molecule has 1 aliphatic heterocycles. The van der Waals surface area contributed by atoms with Gasteiger partial charge in [-0.2, -0.15) is 0 Å². The molecule has 1 unspecified atom stereocenters. The van der Waals surface area contributed by atoms with Gasteiger partial charge in [0.15, 0.2) is 11.5 Å². The number of anilines is 1. The summed E-state index contributed by atoms with van der Waals surface area (Å²) >= 11 is 6.19. The number of fused-ring (bicyclic) bond motifs is 1. The van der Waals surface area contributed by atoms with E-state index in [-0.39, 0.29) is 5.28 Å². The lowest BCUT2D eigenvalue weighted by atomic mass is 9.99. The molecule has 1 N–H and O–H groups in total. The standard InChI is InChI=1S/C21H31ClN4O2/c1-5-7-15(6-2)26-10-8-14(9-11-26)23-20-16-12-18(27-3)19(28-4)13-17(16)24-21(22)25-20/h12-15H,5-11H2,1-4H3,(H,23,24,25). The zero-order chi connectivity index (χ0) is 20.1. The fraction of sp³-hybridized carbons (Fsp3) is 0.619. The summed E-state index contributed by atoms with van der Waals surface area (Å²) in [6, 6.07) is 4.83. The van der Waals surface area contributed by atoms with Crippen LogP contribution >= 0.6 is 11.6 Å². The number of hydrogen-bond donors (Lipinski definition) is 1. The zero-order valence-corrected chi connectivity index (χ0v) is 18.1. The van der Waals surface area contributed by atoms with Crippen LogP contribution in [-0.4, -0.2) is 54.3 Å². The van der Waals surface area contributed by atoms with Gasteiger partial charge in [-0.3, -0.25) is 0 Å². The Morgan fingerprint density at radius 2 is 1.82 bits per heavy atom. The van der Waals surface area contributed by atoms with Crippen molar-refractivity contribution in [2.75, 3.05) is 32.6 Å². The number of hydrogen-bond acceptors (Lipinski definition) is 6. The number of ether oxygens (including phenoxy) is 2. The number of benzene rings is 1. The summed E-state index contributed by atoms with van der Waals surface area (Å²) in [6.07, 6.45) is 5.93. The first-order valence-corrected chi connectivity index (χ1v) is 10.6. The van der Waals surface area contributed by atoms with Gasteiger partial charge in [-0.05, 0) is 43.4 Å². The van der Waals surface area contributed by atoms with Gasteiger partial charge >= 0.3 is 0 Å². The first-order chi connectivity index (χ1) is 13.6. The molecule has 0 aliphatic carbocycles. The smallest absolute Gasteiger partial charge is 0.224 e. The third-order valence-corrected chi connectivity index (χ3v) is 5.82. The Bertz CT molecular complexity index is 794. The highest BCUT2D eigenvalue weighted by Gasteiger charge is 2.24. The minimum Gasteiger partial charge on any atom is -0.493 e. The van der Waals surface area contributed by atoms with Crippen molar-refractivity contribution in [3.05, 3.63) is 17.4 Å². The molecule has 1 aliphatic rings. The fourth-order valence-electron chi connectivity index (χ4n) is 4.12. The van der Waals surface area contributed by atoms with Crippen LogP contribution < -0.4 is 14.8 Å². The van der Waals surface area contributed by atoms with E-state index in [0.717, 1.165) is 42.7 Å². The number of nitrogens with one attached hydrogen (secondary N) is 1. The second-order valence-electron chi connectivity index (χ2n) is 7.37. The third kappa shape index (κ3) is 4.61. The molecule has 1 aromatic heterocycles. The second kappa shape index (κ2) is 9.61. The van der Waals surface area contributed by atoms with E-state index in [9.17, 15) is 0 Å². The number of halogens is 1. The molecule has 0 bridgehead atoms. The molecular weight excluding hydrogens is 376 g/mol. The lowest BCUT2D eigenvalue weighted by Crippen LogP contribution is -2.44. The van der Waals surface area contributed by atoms with E-state index in [1.807, 2.05) is 12.1 Å². The summed E-state index contributed by atoms with van der Waals surface area (Å²) in [4.78, 5) is 11.4. The van der Waals surface area contributed by atoms with E-state index in [2.05, 4.69) is 34.0 Å². The Labute approximate surface area is 172 Å². The van der Waals surface area contributed by atoms with E-state index < -0.39 is 0 Å². The first kappa shape index (κ1) is 20.9. The molecule has 2 aromatic rings. The van der Waals surface area contributed by atoms with E-state index in [0.29, 0.717) is 23.6 Å². The summed E-state index contributed by atoms with van der Waals surface area (Å²) in [5.74, 6) is 2.05. The normalized spacial score (nSPS) is 16.9. The Balaban J connectivity index is 1.77. The predicted octanol–water partition coefficient (Wildman–Crippen LogP) is 4.76. The van der Waals surface area contributed by atoms with Crippen molar-refractivity contribution in [3.8, 4) is 11.5 Å². The number of methoxy groups -OCH3 is 2. The van der Waals surface area contributed by atoms with Crippen LogP contribution in [0.4, 0.5) is 5.82 Å². The van der Waals surface area contributed by atoms with Crippen LogP contribution in [0.5, 0.6) is 11.5 Å². The average molecular weight is 407 g/mol. The highest BCUT2D eigenvalue weighted by atomic mass is 35.5. The van der Waals surface area contributed by atoms with Crippen LogP contribution in [0.25, 0.3) is 10.9 Å². The summed E-state index contributed by atoms with van der Waals surface area (Å²) in [7, 11) is 3.24. The molecule has 28 heavy (non-hydrogen) atoms. The van der Waals surface area contributed by atoms with Crippen LogP contribution in [0.1, 0.15) is 46.0 Å². The van der Waals surface area contributed by atoms with Crippen molar-refractivity contribution in [1.82, 2.24) is 14.9 Å². The van der Waals surface area contributed by atoms with Crippen molar-refractivity contribution in [3.63, 3.8) is 0 Å². The number of aromatic nitrogens is 2. The molecule has 154 valence electrons. The highest BCUT2D eigenvalue weighted by molar-refractivity contribution is 6.28. The van der Waals surface area contributed by atoms with Crippen LogP contribution in [0, 0.1) is 0 Å². The molecular formula is C21H31ClN4O2. The quantitative estimate of drug-likeness (QED) is 0.638. The summed E-state index contributed by atoms with van der Waals surface area (Å²) in [5.41, 5.74) is 0.742. The van der Waals surface area contributed by atoms with E-state index in [4.69, 9.17) is 21.1 Å². The van der Waals surface area contributed by atoms with Crippen LogP contribution in [0.2, 0.25) is 5.28 Å². The Morgan fingerprint density at radius 3 is 2.43 bits per heavy atom. The van der Waals surface area contributed by atoms with Crippen LogP contribution in [0.3, 0.4) is 0 Å². The molecule has 0 spiro atoms. The van der Waals surface area contributed by atoms with E-state index in [1.165, 1.54) is 19.3 Å². The summed E-state index contributed by atoms with van der Waals surface area (Å²) in [6.45, 7) is 6.79. The van der Waals surface area contributed by atoms with Gasteiger partial charge in [0.05, 0.1) is 19.7 Å². The van der Waals surface area contributed by atoms with Crippen molar-refractivity contribution in [1.29, 1.82) is 0 Å². The Kier molecular flexibility index (Phi) is 7.18. The van der Waals surface area contributed by atoms with Gasteiger partial charge in [0, 0.05) is 36.6 Å².